The molecule has 0 unspecified atom stereocenters. The molecule has 5 nitrogen and oxygen atoms in total. The van der Waals surface area contributed by atoms with E-state index < -0.39 is 0 Å². The van der Waals surface area contributed by atoms with Crippen molar-refractivity contribution in [3.8, 4) is 11.4 Å². The van der Waals surface area contributed by atoms with Gasteiger partial charge >= 0.3 is 0 Å². The number of aryl methyl sites for hydroxylation is 2. The fourth-order valence-electron chi connectivity index (χ4n) is 2.06. The molecule has 1 aromatic carbocycles. The Morgan fingerprint density at radius 1 is 1.15 bits per heavy atom. The summed E-state index contributed by atoms with van der Waals surface area (Å²) in [5, 5.41) is 10.4. The van der Waals surface area contributed by atoms with Crippen molar-refractivity contribution in [2.75, 3.05) is 5.32 Å². The maximum atomic E-state index is 5.55. The summed E-state index contributed by atoms with van der Waals surface area (Å²) >= 11 is 0. The fraction of sp³-hybridized carbons (Fsp3) is 0.200. The zero-order valence-electron chi connectivity index (χ0n) is 11.5. The molecule has 0 spiro atoms. The van der Waals surface area contributed by atoms with Gasteiger partial charge in [0.1, 0.15) is 17.3 Å². The van der Waals surface area contributed by atoms with E-state index in [1.807, 2.05) is 50.2 Å². The number of rotatable bonds is 4. The first-order chi connectivity index (χ1) is 9.72. The molecule has 0 aliphatic heterocycles. The van der Waals surface area contributed by atoms with Gasteiger partial charge in [0.2, 0.25) is 0 Å². The van der Waals surface area contributed by atoms with Crippen molar-refractivity contribution in [1.82, 2.24) is 15.2 Å². The van der Waals surface area contributed by atoms with Gasteiger partial charge in [-0.25, -0.2) is 4.98 Å². The third-order valence-electron chi connectivity index (χ3n) is 3.01. The first-order valence-corrected chi connectivity index (χ1v) is 6.50. The van der Waals surface area contributed by atoms with Crippen molar-refractivity contribution in [2.24, 2.45) is 0 Å². The topological polar surface area (TPSA) is 66.7 Å². The summed E-state index contributed by atoms with van der Waals surface area (Å²) < 4.78 is 5.55. The summed E-state index contributed by atoms with van der Waals surface area (Å²) in [5.74, 6) is 3.32. The lowest BCUT2D eigenvalue weighted by Crippen LogP contribution is -2.00. The number of hydrogen-bond donors (Lipinski definition) is 2. The van der Waals surface area contributed by atoms with Crippen LogP contribution in [0.3, 0.4) is 0 Å². The molecule has 0 saturated carbocycles. The van der Waals surface area contributed by atoms with E-state index in [0.717, 1.165) is 28.6 Å². The van der Waals surface area contributed by atoms with E-state index in [2.05, 4.69) is 20.5 Å². The molecule has 0 fully saturated rings. The van der Waals surface area contributed by atoms with Gasteiger partial charge in [0.15, 0.2) is 5.82 Å². The molecule has 0 aliphatic rings. The van der Waals surface area contributed by atoms with Crippen LogP contribution in [0.1, 0.15) is 17.3 Å². The van der Waals surface area contributed by atoms with E-state index >= 15 is 0 Å². The lowest BCUT2D eigenvalue weighted by Gasteiger charge is -2.08. The Balaban J connectivity index is 1.83. The monoisotopic (exact) mass is 268 g/mol. The molecule has 5 heteroatoms. The Kier molecular flexibility index (Phi) is 3.25. The van der Waals surface area contributed by atoms with Gasteiger partial charge in [-0.2, -0.15) is 5.10 Å². The van der Waals surface area contributed by atoms with Gasteiger partial charge in [0.05, 0.1) is 6.54 Å². The quantitative estimate of drug-likeness (QED) is 0.762. The minimum Gasteiger partial charge on any atom is -0.465 e. The third kappa shape index (κ3) is 2.56. The second kappa shape index (κ2) is 5.21. The van der Waals surface area contributed by atoms with Crippen molar-refractivity contribution in [1.29, 1.82) is 0 Å². The zero-order chi connectivity index (χ0) is 13.9. The van der Waals surface area contributed by atoms with Gasteiger partial charge in [0.25, 0.3) is 0 Å². The summed E-state index contributed by atoms with van der Waals surface area (Å²) in [4.78, 5) is 4.37. The Labute approximate surface area is 117 Å². The SMILES string of the molecule is Cc1nc(-c2ccccc2NCc2ccc(C)o2)n[nH]1. The molecule has 2 aromatic heterocycles. The van der Waals surface area contributed by atoms with Crippen molar-refractivity contribution < 1.29 is 4.42 Å². The van der Waals surface area contributed by atoms with E-state index in [4.69, 9.17) is 4.42 Å². The molecule has 0 aliphatic carbocycles. The van der Waals surface area contributed by atoms with Crippen LogP contribution >= 0.6 is 0 Å². The Morgan fingerprint density at radius 3 is 2.70 bits per heavy atom. The highest BCUT2D eigenvalue weighted by atomic mass is 16.3. The number of aromatic nitrogens is 3. The normalized spacial score (nSPS) is 10.7. The van der Waals surface area contributed by atoms with Gasteiger partial charge in [-0.15, -0.1) is 0 Å². The van der Waals surface area contributed by atoms with Crippen LogP contribution in [0.2, 0.25) is 0 Å². The number of nitrogens with zero attached hydrogens (tertiary/aromatic N) is 2. The number of H-pyrrole nitrogens is 1. The minimum absolute atomic E-state index is 0.633. The highest BCUT2D eigenvalue weighted by molar-refractivity contribution is 5.73. The average molecular weight is 268 g/mol. The lowest BCUT2D eigenvalue weighted by molar-refractivity contribution is 0.490. The minimum atomic E-state index is 0.633. The van der Waals surface area contributed by atoms with E-state index in [9.17, 15) is 0 Å². The average Bonchev–Trinajstić information content (AvgIpc) is 3.06. The molecule has 2 N–H and O–H groups in total. The van der Waals surface area contributed by atoms with Crippen molar-refractivity contribution >= 4 is 5.69 Å². The van der Waals surface area contributed by atoms with Gasteiger partial charge < -0.3 is 9.73 Å². The Bertz CT molecular complexity index is 714. The molecular formula is C15H16N4O. The number of aromatic amines is 1. The largest absolute Gasteiger partial charge is 0.465 e. The second-order valence-electron chi connectivity index (χ2n) is 4.66. The van der Waals surface area contributed by atoms with E-state index in [0.29, 0.717) is 12.4 Å². The summed E-state index contributed by atoms with van der Waals surface area (Å²) in [5.41, 5.74) is 1.96. The third-order valence-corrected chi connectivity index (χ3v) is 3.01. The Morgan fingerprint density at radius 2 is 2.00 bits per heavy atom. The van der Waals surface area contributed by atoms with E-state index in [1.165, 1.54) is 0 Å². The summed E-state index contributed by atoms with van der Waals surface area (Å²) in [7, 11) is 0. The predicted molar refractivity (Wildman–Crippen MR) is 77.3 cm³/mol. The molecule has 0 bridgehead atoms. The van der Waals surface area contributed by atoms with Crippen LogP contribution in [0.5, 0.6) is 0 Å². The number of furan rings is 1. The molecule has 0 radical (unpaired) electrons. The van der Waals surface area contributed by atoms with Gasteiger partial charge in [0, 0.05) is 11.3 Å². The van der Waals surface area contributed by atoms with Crippen LogP contribution in [0, 0.1) is 13.8 Å². The molecule has 2 heterocycles. The van der Waals surface area contributed by atoms with Crippen LogP contribution in [0.4, 0.5) is 5.69 Å². The van der Waals surface area contributed by atoms with E-state index in [1.54, 1.807) is 0 Å². The summed E-state index contributed by atoms with van der Waals surface area (Å²) in [6, 6.07) is 11.9. The fourth-order valence-corrected chi connectivity index (χ4v) is 2.06. The van der Waals surface area contributed by atoms with Crippen molar-refractivity contribution in [3.05, 3.63) is 53.7 Å². The zero-order valence-corrected chi connectivity index (χ0v) is 11.5. The van der Waals surface area contributed by atoms with Gasteiger partial charge in [-0.3, -0.25) is 5.10 Å². The first kappa shape index (κ1) is 12.5. The first-order valence-electron chi connectivity index (χ1n) is 6.50. The number of nitrogens with one attached hydrogen (secondary N) is 2. The van der Waals surface area contributed by atoms with Crippen LogP contribution < -0.4 is 5.32 Å². The maximum Gasteiger partial charge on any atom is 0.183 e. The highest BCUT2D eigenvalue weighted by Gasteiger charge is 2.09. The number of para-hydroxylation sites is 1. The Hall–Kier alpha value is -2.56. The van der Waals surface area contributed by atoms with Crippen molar-refractivity contribution in [2.45, 2.75) is 20.4 Å². The molecule has 102 valence electrons. The standard InChI is InChI=1S/C15H16N4O/c1-10-7-8-12(20-10)9-16-14-6-4-3-5-13(14)15-17-11(2)18-19-15/h3-8,16H,9H2,1-2H3,(H,17,18,19). The lowest BCUT2D eigenvalue weighted by atomic mass is 10.1. The van der Waals surface area contributed by atoms with Crippen LogP contribution in [-0.2, 0) is 6.54 Å². The van der Waals surface area contributed by atoms with E-state index in [-0.39, 0.29) is 0 Å². The summed E-state index contributed by atoms with van der Waals surface area (Å²) in [6.45, 7) is 4.46. The number of hydrogen-bond acceptors (Lipinski definition) is 4. The molecule has 3 rings (SSSR count). The molecule has 0 atom stereocenters. The molecule has 20 heavy (non-hydrogen) atoms. The van der Waals surface area contributed by atoms with Crippen LogP contribution in [-0.4, -0.2) is 15.2 Å². The summed E-state index contributed by atoms with van der Waals surface area (Å²) in [6.07, 6.45) is 0. The maximum absolute atomic E-state index is 5.55. The number of anilines is 1. The smallest absolute Gasteiger partial charge is 0.183 e. The van der Waals surface area contributed by atoms with Crippen LogP contribution in [0.25, 0.3) is 11.4 Å². The number of benzene rings is 1. The predicted octanol–water partition coefficient (Wildman–Crippen LogP) is 3.29. The second-order valence-corrected chi connectivity index (χ2v) is 4.66. The van der Waals surface area contributed by atoms with Crippen molar-refractivity contribution in [3.63, 3.8) is 0 Å². The molecule has 0 saturated heterocycles. The van der Waals surface area contributed by atoms with Crippen LogP contribution in [0.15, 0.2) is 40.8 Å². The highest BCUT2D eigenvalue weighted by Crippen LogP contribution is 2.25. The molecule has 3 aromatic rings. The molecular weight excluding hydrogens is 252 g/mol. The van der Waals surface area contributed by atoms with Gasteiger partial charge in [-0.05, 0) is 38.1 Å². The molecule has 0 amide bonds. The van der Waals surface area contributed by atoms with Gasteiger partial charge in [-0.1, -0.05) is 12.1 Å².